The maximum absolute atomic E-state index is 11.9. The summed E-state index contributed by atoms with van der Waals surface area (Å²) >= 11 is 0. The van der Waals surface area contributed by atoms with Crippen LogP contribution in [0.25, 0.3) is 22.0 Å². The van der Waals surface area contributed by atoms with Gasteiger partial charge in [-0.3, -0.25) is 14.9 Å². The molecule has 0 radical (unpaired) electrons. The number of anilines is 1. The molecule has 136 valence electrons. The molecule has 2 aromatic heterocycles. The first-order valence-corrected chi connectivity index (χ1v) is 9.52. The predicted octanol–water partition coefficient (Wildman–Crippen LogP) is 3.80. The van der Waals surface area contributed by atoms with Crippen LogP contribution in [-0.4, -0.2) is 27.2 Å². The lowest BCUT2D eigenvalue weighted by atomic mass is 9.90. The molecule has 1 aliphatic carbocycles. The van der Waals surface area contributed by atoms with Crippen LogP contribution in [-0.2, 0) is 11.3 Å². The van der Waals surface area contributed by atoms with Crippen molar-refractivity contribution in [3.63, 3.8) is 0 Å². The molecule has 5 heteroatoms. The second-order valence-electron chi connectivity index (χ2n) is 7.61. The number of nitrogen functional groups attached to an aromatic ring is 1. The number of nitrogens with zero attached hydrogens (tertiary/aromatic N) is 3. The molecular weight excluding hydrogens is 336 g/mol. The SMILES string of the molecule is Cc1ccc(-c2cccc3c(N)c4c(nc23)CN(C2CCC2)C4C=O)cn1. The van der Waals surface area contributed by atoms with Crippen molar-refractivity contribution in [1.29, 1.82) is 0 Å². The van der Waals surface area contributed by atoms with Gasteiger partial charge in [-0.1, -0.05) is 30.7 Å². The van der Waals surface area contributed by atoms with Crippen molar-refractivity contribution in [2.75, 3.05) is 5.73 Å². The van der Waals surface area contributed by atoms with Crippen molar-refractivity contribution < 1.29 is 4.79 Å². The van der Waals surface area contributed by atoms with E-state index in [0.717, 1.165) is 58.1 Å². The fourth-order valence-electron chi connectivity index (χ4n) is 4.35. The Hall–Kier alpha value is -2.79. The first kappa shape index (κ1) is 16.4. The molecule has 27 heavy (non-hydrogen) atoms. The standard InChI is InChI=1S/C22H22N4O/c1-13-8-9-14(10-24-13)16-6-3-7-17-21(23)20-18(25-22(16)17)11-26(19(20)12-27)15-4-2-5-15/h3,6-10,12,15,19H,2,4-5,11H2,1H3,(H2,23,25). The minimum Gasteiger partial charge on any atom is -0.398 e. The molecule has 3 heterocycles. The van der Waals surface area contributed by atoms with Crippen molar-refractivity contribution in [2.24, 2.45) is 0 Å². The second-order valence-corrected chi connectivity index (χ2v) is 7.61. The molecule has 2 N–H and O–H groups in total. The van der Waals surface area contributed by atoms with Crippen LogP contribution >= 0.6 is 0 Å². The molecule has 1 unspecified atom stereocenters. The third-order valence-corrected chi connectivity index (χ3v) is 6.05. The Labute approximate surface area is 158 Å². The van der Waals surface area contributed by atoms with Gasteiger partial charge in [0.2, 0.25) is 0 Å². The summed E-state index contributed by atoms with van der Waals surface area (Å²) in [6.07, 6.45) is 6.44. The minimum atomic E-state index is -0.271. The summed E-state index contributed by atoms with van der Waals surface area (Å²) in [6, 6.07) is 10.3. The van der Waals surface area contributed by atoms with Gasteiger partial charge in [0.05, 0.1) is 17.3 Å². The number of carbonyl (C=O) groups excluding carboxylic acids is 1. The lowest BCUT2D eigenvalue weighted by Crippen LogP contribution is -2.39. The van der Waals surface area contributed by atoms with Crippen LogP contribution in [0.1, 0.15) is 42.3 Å². The van der Waals surface area contributed by atoms with Gasteiger partial charge in [-0.2, -0.15) is 0 Å². The summed E-state index contributed by atoms with van der Waals surface area (Å²) in [5.41, 5.74) is 13.1. The van der Waals surface area contributed by atoms with Crippen molar-refractivity contribution in [1.82, 2.24) is 14.9 Å². The molecule has 0 saturated heterocycles. The van der Waals surface area contributed by atoms with E-state index in [-0.39, 0.29) is 6.04 Å². The van der Waals surface area contributed by atoms with Gasteiger partial charge in [-0.25, -0.2) is 0 Å². The highest BCUT2D eigenvalue weighted by Gasteiger charge is 2.39. The molecule has 5 nitrogen and oxygen atoms in total. The Kier molecular flexibility index (Phi) is 3.72. The van der Waals surface area contributed by atoms with E-state index in [1.807, 2.05) is 31.3 Å². The quantitative estimate of drug-likeness (QED) is 0.721. The second kappa shape index (κ2) is 6.13. The van der Waals surface area contributed by atoms with E-state index in [2.05, 4.69) is 22.0 Å². The van der Waals surface area contributed by atoms with Crippen molar-refractivity contribution in [3.05, 3.63) is 53.5 Å². The van der Waals surface area contributed by atoms with Crippen LogP contribution in [0.4, 0.5) is 5.69 Å². The van der Waals surface area contributed by atoms with Crippen LogP contribution < -0.4 is 5.73 Å². The average molecular weight is 358 g/mol. The smallest absolute Gasteiger partial charge is 0.141 e. The zero-order valence-electron chi connectivity index (χ0n) is 15.4. The molecule has 2 aliphatic rings. The number of fused-ring (bicyclic) bond motifs is 2. The maximum Gasteiger partial charge on any atom is 0.141 e. The number of aromatic nitrogens is 2. The number of hydrogen-bond donors (Lipinski definition) is 1. The summed E-state index contributed by atoms with van der Waals surface area (Å²) in [4.78, 5) is 23.6. The van der Waals surface area contributed by atoms with E-state index in [0.29, 0.717) is 18.3 Å². The van der Waals surface area contributed by atoms with Crippen LogP contribution in [0.15, 0.2) is 36.5 Å². The number of para-hydroxylation sites is 1. The Bertz CT molecular complexity index is 1040. The molecular formula is C22H22N4O. The molecule has 0 bridgehead atoms. The molecule has 5 rings (SSSR count). The summed E-state index contributed by atoms with van der Waals surface area (Å²) in [5.74, 6) is 0. The van der Waals surface area contributed by atoms with E-state index in [1.165, 1.54) is 6.42 Å². The number of aryl methyl sites for hydroxylation is 1. The zero-order valence-corrected chi connectivity index (χ0v) is 15.4. The molecule has 1 saturated carbocycles. The topological polar surface area (TPSA) is 72.1 Å². The van der Waals surface area contributed by atoms with Gasteiger partial charge in [-0.05, 0) is 25.8 Å². The van der Waals surface area contributed by atoms with Gasteiger partial charge in [0.1, 0.15) is 6.29 Å². The van der Waals surface area contributed by atoms with Crippen molar-refractivity contribution in [3.8, 4) is 11.1 Å². The first-order valence-electron chi connectivity index (χ1n) is 9.52. The lowest BCUT2D eigenvalue weighted by Gasteiger charge is -2.36. The van der Waals surface area contributed by atoms with Crippen LogP contribution in [0.2, 0.25) is 0 Å². The number of carbonyl (C=O) groups is 1. The Balaban J connectivity index is 1.69. The molecule has 0 amide bonds. The van der Waals surface area contributed by atoms with Gasteiger partial charge in [-0.15, -0.1) is 0 Å². The number of nitrogens with two attached hydrogens (primary N) is 1. The highest BCUT2D eigenvalue weighted by molar-refractivity contribution is 6.01. The van der Waals surface area contributed by atoms with E-state index in [9.17, 15) is 4.79 Å². The average Bonchev–Trinajstić information content (AvgIpc) is 2.99. The zero-order chi connectivity index (χ0) is 18.5. The molecule has 1 fully saturated rings. The van der Waals surface area contributed by atoms with Gasteiger partial charge in [0.25, 0.3) is 0 Å². The van der Waals surface area contributed by atoms with Gasteiger partial charge in [0, 0.05) is 52.2 Å². The normalized spacial score (nSPS) is 19.8. The third-order valence-electron chi connectivity index (χ3n) is 6.05. The Morgan fingerprint density at radius 2 is 2.07 bits per heavy atom. The summed E-state index contributed by atoms with van der Waals surface area (Å²) in [6.45, 7) is 2.68. The fourth-order valence-corrected chi connectivity index (χ4v) is 4.35. The van der Waals surface area contributed by atoms with E-state index >= 15 is 0 Å². The number of pyridine rings is 2. The molecule has 3 aromatic rings. The van der Waals surface area contributed by atoms with Gasteiger partial charge < -0.3 is 10.5 Å². The minimum absolute atomic E-state index is 0.271. The molecule has 1 aromatic carbocycles. The fraction of sp³-hybridized carbons (Fsp3) is 0.318. The highest BCUT2D eigenvalue weighted by Crippen LogP contribution is 2.44. The number of aldehydes is 1. The molecule has 0 spiro atoms. The van der Waals surface area contributed by atoms with E-state index < -0.39 is 0 Å². The van der Waals surface area contributed by atoms with Crippen molar-refractivity contribution in [2.45, 2.75) is 44.8 Å². The predicted molar refractivity (Wildman–Crippen MR) is 106 cm³/mol. The van der Waals surface area contributed by atoms with Crippen molar-refractivity contribution >= 4 is 22.9 Å². The first-order chi connectivity index (χ1) is 13.2. The van der Waals surface area contributed by atoms with Gasteiger partial charge in [0.15, 0.2) is 0 Å². The number of benzene rings is 1. The molecule has 1 atom stereocenters. The Morgan fingerprint density at radius 3 is 2.74 bits per heavy atom. The molecule has 1 aliphatic heterocycles. The monoisotopic (exact) mass is 358 g/mol. The number of rotatable bonds is 3. The lowest BCUT2D eigenvalue weighted by molar-refractivity contribution is -0.113. The highest BCUT2D eigenvalue weighted by atomic mass is 16.1. The maximum atomic E-state index is 11.9. The summed E-state index contributed by atoms with van der Waals surface area (Å²) in [5, 5.41) is 0.911. The summed E-state index contributed by atoms with van der Waals surface area (Å²) in [7, 11) is 0. The van der Waals surface area contributed by atoms with Crippen LogP contribution in [0, 0.1) is 6.92 Å². The van der Waals surface area contributed by atoms with E-state index in [1.54, 1.807) is 0 Å². The Morgan fingerprint density at radius 1 is 1.22 bits per heavy atom. The largest absolute Gasteiger partial charge is 0.398 e. The van der Waals surface area contributed by atoms with Crippen LogP contribution in [0.5, 0.6) is 0 Å². The number of hydrogen-bond acceptors (Lipinski definition) is 5. The van der Waals surface area contributed by atoms with E-state index in [4.69, 9.17) is 10.7 Å². The summed E-state index contributed by atoms with van der Waals surface area (Å²) < 4.78 is 0. The van der Waals surface area contributed by atoms with Crippen LogP contribution in [0.3, 0.4) is 0 Å². The van der Waals surface area contributed by atoms with Gasteiger partial charge >= 0.3 is 0 Å². The third kappa shape index (κ3) is 2.46.